The van der Waals surface area contributed by atoms with Gasteiger partial charge in [-0.1, -0.05) is 30.3 Å². The summed E-state index contributed by atoms with van der Waals surface area (Å²) >= 11 is 0. The van der Waals surface area contributed by atoms with Crippen molar-refractivity contribution >= 4 is 21.5 Å². The highest BCUT2D eigenvalue weighted by atomic mass is 32.2. The van der Waals surface area contributed by atoms with Crippen molar-refractivity contribution < 1.29 is 18.0 Å². The second-order valence-electron chi connectivity index (χ2n) is 6.65. The van der Waals surface area contributed by atoms with Crippen molar-refractivity contribution in [2.45, 2.75) is 25.8 Å². The first-order chi connectivity index (χ1) is 13.2. The van der Waals surface area contributed by atoms with Gasteiger partial charge >= 0.3 is 0 Å². The molecule has 0 radical (unpaired) electrons. The summed E-state index contributed by atoms with van der Waals surface area (Å²) in [6.45, 7) is 0.235. The summed E-state index contributed by atoms with van der Waals surface area (Å²) in [6, 6.07) is 10.6. The van der Waals surface area contributed by atoms with E-state index in [0.29, 0.717) is 12.8 Å². The fourth-order valence-electron chi connectivity index (χ4n) is 2.78. The van der Waals surface area contributed by atoms with E-state index < -0.39 is 21.3 Å². The summed E-state index contributed by atoms with van der Waals surface area (Å²) < 4.78 is 23.7. The van der Waals surface area contributed by atoms with Gasteiger partial charge in [-0.05, 0) is 24.5 Å². The van der Waals surface area contributed by atoms with Crippen molar-refractivity contribution in [1.29, 1.82) is 0 Å². The zero-order chi connectivity index (χ0) is 20.7. The number of ketones is 1. The van der Waals surface area contributed by atoms with Gasteiger partial charge in [0.15, 0.2) is 5.78 Å². The van der Waals surface area contributed by atoms with Crippen molar-refractivity contribution in [2.75, 3.05) is 19.1 Å². The van der Waals surface area contributed by atoms with Gasteiger partial charge in [0.25, 0.3) is 11.5 Å². The third-order valence-corrected chi connectivity index (χ3v) is 5.27. The molecule has 28 heavy (non-hydrogen) atoms. The van der Waals surface area contributed by atoms with E-state index in [-0.39, 0.29) is 35.6 Å². The Morgan fingerprint density at radius 2 is 1.79 bits per heavy atom. The van der Waals surface area contributed by atoms with E-state index >= 15 is 0 Å². The summed E-state index contributed by atoms with van der Waals surface area (Å²) in [5, 5.41) is 2.42. The van der Waals surface area contributed by atoms with Gasteiger partial charge in [0, 0.05) is 37.2 Å². The molecule has 0 bridgehead atoms. The van der Waals surface area contributed by atoms with Gasteiger partial charge in [-0.3, -0.25) is 14.4 Å². The number of nitrogens with one attached hydrogen (secondary N) is 1. The summed E-state index contributed by atoms with van der Waals surface area (Å²) in [4.78, 5) is 37.3. The first-order valence-corrected chi connectivity index (χ1v) is 11.0. The highest BCUT2D eigenvalue weighted by Gasteiger charge is 2.17. The van der Waals surface area contributed by atoms with Gasteiger partial charge in [-0.25, -0.2) is 8.42 Å². The number of carbonyl (C=O) groups excluding carboxylic acids is 2. The maximum absolute atomic E-state index is 12.6. The predicted octanol–water partition coefficient (Wildman–Crippen LogP) is 1.65. The standard InChI is InChI=1S/C20H24N2O5S/c1-21-19(24)17-12-16(18(23)10-6-7-11-28(2,26)27)14-22(20(17)25)13-15-8-4-3-5-9-15/h3-5,8-9,12,14H,6-7,10-11,13H2,1-2H3,(H,21,24). The van der Waals surface area contributed by atoms with Crippen LogP contribution in [0.25, 0.3) is 0 Å². The van der Waals surface area contributed by atoms with E-state index in [4.69, 9.17) is 0 Å². The lowest BCUT2D eigenvalue weighted by Gasteiger charge is -2.11. The number of rotatable bonds is 9. The third-order valence-electron chi connectivity index (χ3n) is 4.24. The Balaban J connectivity index is 2.27. The van der Waals surface area contributed by atoms with Gasteiger partial charge in [0.2, 0.25) is 0 Å². The molecular formula is C20H24N2O5S. The quantitative estimate of drug-likeness (QED) is 0.506. The Hall–Kier alpha value is -2.74. The van der Waals surface area contributed by atoms with Gasteiger partial charge in [-0.2, -0.15) is 0 Å². The van der Waals surface area contributed by atoms with Crippen LogP contribution in [-0.2, 0) is 16.4 Å². The van der Waals surface area contributed by atoms with Gasteiger partial charge in [0.1, 0.15) is 15.4 Å². The van der Waals surface area contributed by atoms with Crippen LogP contribution >= 0.6 is 0 Å². The zero-order valence-electron chi connectivity index (χ0n) is 16.0. The molecule has 8 heteroatoms. The second kappa shape index (κ2) is 9.45. The number of nitrogens with zero attached hydrogens (tertiary/aromatic N) is 1. The normalized spacial score (nSPS) is 11.2. The summed E-state index contributed by atoms with van der Waals surface area (Å²) in [5.74, 6) is -0.768. The number of unbranched alkanes of at least 4 members (excludes halogenated alkanes) is 1. The number of pyridine rings is 1. The highest BCUT2D eigenvalue weighted by Crippen LogP contribution is 2.10. The molecule has 1 amide bonds. The minimum absolute atomic E-state index is 0.0251. The van der Waals surface area contributed by atoms with Crippen LogP contribution in [-0.4, -0.2) is 43.7 Å². The summed E-state index contributed by atoms with van der Waals surface area (Å²) in [5.41, 5.74) is 0.552. The SMILES string of the molecule is CNC(=O)c1cc(C(=O)CCCCS(C)(=O)=O)cn(Cc2ccccc2)c1=O. The number of sulfone groups is 1. The molecule has 0 aliphatic carbocycles. The predicted molar refractivity (Wildman–Crippen MR) is 108 cm³/mol. The molecule has 7 nitrogen and oxygen atoms in total. The number of benzene rings is 1. The second-order valence-corrected chi connectivity index (χ2v) is 8.91. The highest BCUT2D eigenvalue weighted by molar-refractivity contribution is 7.90. The lowest BCUT2D eigenvalue weighted by atomic mass is 10.0. The zero-order valence-corrected chi connectivity index (χ0v) is 16.8. The monoisotopic (exact) mass is 404 g/mol. The van der Waals surface area contributed by atoms with Crippen LogP contribution in [0.2, 0.25) is 0 Å². The first-order valence-electron chi connectivity index (χ1n) is 8.92. The topological polar surface area (TPSA) is 102 Å². The van der Waals surface area contributed by atoms with Gasteiger partial charge in [-0.15, -0.1) is 0 Å². The Morgan fingerprint density at radius 1 is 1.11 bits per heavy atom. The molecule has 2 rings (SSSR count). The van der Waals surface area contributed by atoms with E-state index in [1.165, 1.54) is 23.9 Å². The smallest absolute Gasteiger partial charge is 0.263 e. The Kier molecular flexibility index (Phi) is 7.28. The van der Waals surface area contributed by atoms with E-state index in [0.717, 1.165) is 11.8 Å². The van der Waals surface area contributed by atoms with Crippen LogP contribution in [0.5, 0.6) is 0 Å². The molecule has 0 aliphatic heterocycles. The van der Waals surface area contributed by atoms with Crippen LogP contribution in [0, 0.1) is 0 Å². The van der Waals surface area contributed by atoms with Crippen molar-refractivity contribution in [3.8, 4) is 0 Å². The molecule has 0 saturated carbocycles. The lowest BCUT2D eigenvalue weighted by Crippen LogP contribution is -2.32. The van der Waals surface area contributed by atoms with Crippen LogP contribution in [0.1, 0.15) is 45.5 Å². The Morgan fingerprint density at radius 3 is 2.39 bits per heavy atom. The minimum atomic E-state index is -3.06. The van der Waals surface area contributed by atoms with E-state index in [1.807, 2.05) is 30.3 Å². The van der Waals surface area contributed by atoms with Gasteiger partial charge in [0.05, 0.1) is 6.54 Å². The molecule has 150 valence electrons. The molecule has 1 aromatic carbocycles. The number of amides is 1. The minimum Gasteiger partial charge on any atom is -0.355 e. The molecule has 0 saturated heterocycles. The first kappa shape index (κ1) is 21.6. The van der Waals surface area contributed by atoms with Crippen molar-refractivity contribution in [3.05, 3.63) is 69.6 Å². The van der Waals surface area contributed by atoms with E-state index in [2.05, 4.69) is 5.32 Å². The van der Waals surface area contributed by atoms with E-state index in [1.54, 1.807) is 0 Å². The average molecular weight is 404 g/mol. The van der Waals surface area contributed by atoms with Crippen molar-refractivity contribution in [3.63, 3.8) is 0 Å². The molecular weight excluding hydrogens is 380 g/mol. The van der Waals surface area contributed by atoms with Gasteiger partial charge < -0.3 is 9.88 Å². The molecule has 0 spiro atoms. The average Bonchev–Trinajstić information content (AvgIpc) is 2.66. The van der Waals surface area contributed by atoms with Crippen LogP contribution in [0.4, 0.5) is 0 Å². The molecule has 2 aromatic rings. The molecule has 1 heterocycles. The molecule has 0 aliphatic rings. The van der Waals surface area contributed by atoms with E-state index in [9.17, 15) is 22.8 Å². The summed E-state index contributed by atoms with van der Waals surface area (Å²) in [6.07, 6.45) is 3.56. The Bertz CT molecular complexity index is 1010. The number of Topliss-reactive ketones (excluding diaryl/α,β-unsaturated/α-hetero) is 1. The number of hydrogen-bond acceptors (Lipinski definition) is 5. The molecule has 0 atom stereocenters. The number of carbonyl (C=O) groups is 2. The largest absolute Gasteiger partial charge is 0.355 e. The molecule has 0 unspecified atom stereocenters. The maximum atomic E-state index is 12.6. The molecule has 1 N–H and O–H groups in total. The molecule has 0 fully saturated rings. The summed E-state index contributed by atoms with van der Waals surface area (Å²) in [7, 11) is -1.65. The lowest BCUT2D eigenvalue weighted by molar-refractivity contribution is 0.0961. The number of aromatic nitrogens is 1. The van der Waals surface area contributed by atoms with Crippen LogP contribution < -0.4 is 10.9 Å². The van der Waals surface area contributed by atoms with Crippen molar-refractivity contribution in [1.82, 2.24) is 9.88 Å². The van der Waals surface area contributed by atoms with Crippen molar-refractivity contribution in [2.24, 2.45) is 0 Å². The van der Waals surface area contributed by atoms with Crippen LogP contribution in [0.15, 0.2) is 47.4 Å². The number of hydrogen-bond donors (Lipinski definition) is 1. The third kappa shape index (κ3) is 6.16. The molecule has 1 aromatic heterocycles. The fraction of sp³-hybridized carbons (Fsp3) is 0.350. The Labute approximate surface area is 164 Å². The van der Waals surface area contributed by atoms with Crippen LogP contribution in [0.3, 0.4) is 0 Å². The maximum Gasteiger partial charge on any atom is 0.263 e. The fourth-order valence-corrected chi connectivity index (χ4v) is 3.51.